The summed E-state index contributed by atoms with van der Waals surface area (Å²) in [5.74, 6) is 1.67. The maximum atomic E-state index is 6.67. The summed E-state index contributed by atoms with van der Waals surface area (Å²) in [7, 11) is 0. The van der Waals surface area contributed by atoms with Crippen molar-refractivity contribution in [2.24, 2.45) is 17.8 Å². The summed E-state index contributed by atoms with van der Waals surface area (Å²) in [5.41, 5.74) is 0. The number of rotatable bonds is 12. The highest BCUT2D eigenvalue weighted by Gasteiger charge is 2.35. The van der Waals surface area contributed by atoms with Crippen LogP contribution < -0.4 is 0 Å². The van der Waals surface area contributed by atoms with E-state index in [1.54, 1.807) is 0 Å². The quantitative estimate of drug-likeness (QED) is 0.256. The first-order valence-electron chi connectivity index (χ1n) is 8.67. The summed E-state index contributed by atoms with van der Waals surface area (Å²) in [6, 6.07) is 0. The second kappa shape index (κ2) is 11.2. The molecule has 122 valence electrons. The van der Waals surface area contributed by atoms with Crippen molar-refractivity contribution in [3.8, 4) is 0 Å². The molecule has 0 nitrogen and oxygen atoms in total. The van der Waals surface area contributed by atoms with Crippen molar-refractivity contribution >= 4 is 23.2 Å². The SMILES string of the molecule is CCCCCCCCC(CC(C)C)C(Cl)(Cl)CC(C)C. The van der Waals surface area contributed by atoms with E-state index in [1.807, 2.05) is 0 Å². The van der Waals surface area contributed by atoms with Crippen LogP contribution in [0.15, 0.2) is 0 Å². The van der Waals surface area contributed by atoms with Gasteiger partial charge in [-0.05, 0) is 37.0 Å². The molecule has 0 saturated heterocycles. The van der Waals surface area contributed by atoms with Gasteiger partial charge in [-0.25, -0.2) is 0 Å². The third-order valence-corrected chi connectivity index (χ3v) is 4.87. The van der Waals surface area contributed by atoms with Crippen LogP contribution in [0.1, 0.15) is 92.4 Å². The van der Waals surface area contributed by atoms with Crippen LogP contribution in [0.3, 0.4) is 0 Å². The minimum atomic E-state index is -0.540. The normalized spacial score (nSPS) is 14.2. The summed E-state index contributed by atoms with van der Waals surface area (Å²) < 4.78 is -0.540. The minimum Gasteiger partial charge on any atom is -0.101 e. The van der Waals surface area contributed by atoms with E-state index in [2.05, 4.69) is 34.6 Å². The molecule has 0 N–H and O–H groups in total. The third-order valence-electron chi connectivity index (χ3n) is 3.94. The van der Waals surface area contributed by atoms with Gasteiger partial charge in [-0.3, -0.25) is 0 Å². The van der Waals surface area contributed by atoms with Crippen LogP contribution in [0.25, 0.3) is 0 Å². The molecule has 0 aromatic rings. The molecule has 0 aliphatic carbocycles. The molecule has 0 rings (SSSR count). The maximum Gasteiger partial charge on any atom is 0.121 e. The summed E-state index contributed by atoms with van der Waals surface area (Å²) in [5, 5.41) is 0. The van der Waals surface area contributed by atoms with Crippen molar-refractivity contribution in [2.45, 2.75) is 96.7 Å². The Kier molecular flexibility index (Phi) is 11.5. The van der Waals surface area contributed by atoms with E-state index in [-0.39, 0.29) is 0 Å². The Hall–Kier alpha value is 0.580. The van der Waals surface area contributed by atoms with Gasteiger partial charge in [-0.15, -0.1) is 23.2 Å². The Morgan fingerprint density at radius 1 is 0.800 bits per heavy atom. The molecular formula is C18H36Cl2. The molecule has 0 heterocycles. The highest BCUT2D eigenvalue weighted by atomic mass is 35.5. The van der Waals surface area contributed by atoms with Crippen LogP contribution >= 0.6 is 23.2 Å². The van der Waals surface area contributed by atoms with Crippen molar-refractivity contribution in [3.05, 3.63) is 0 Å². The van der Waals surface area contributed by atoms with Crippen LogP contribution in [0.2, 0.25) is 0 Å². The number of hydrogen-bond acceptors (Lipinski definition) is 0. The van der Waals surface area contributed by atoms with E-state index in [0.29, 0.717) is 17.8 Å². The molecule has 20 heavy (non-hydrogen) atoms. The zero-order valence-corrected chi connectivity index (χ0v) is 15.9. The maximum absolute atomic E-state index is 6.67. The van der Waals surface area contributed by atoms with Crippen molar-refractivity contribution in [2.75, 3.05) is 0 Å². The van der Waals surface area contributed by atoms with Gasteiger partial charge in [0.2, 0.25) is 0 Å². The van der Waals surface area contributed by atoms with Gasteiger partial charge < -0.3 is 0 Å². The summed E-state index contributed by atoms with van der Waals surface area (Å²) in [4.78, 5) is 0. The molecule has 0 bridgehead atoms. The number of unbranched alkanes of at least 4 members (excludes halogenated alkanes) is 5. The van der Waals surface area contributed by atoms with Gasteiger partial charge in [0.25, 0.3) is 0 Å². The largest absolute Gasteiger partial charge is 0.121 e. The lowest BCUT2D eigenvalue weighted by Crippen LogP contribution is -2.29. The van der Waals surface area contributed by atoms with Crippen LogP contribution in [0, 0.1) is 17.8 Å². The molecule has 0 saturated carbocycles. The second-order valence-electron chi connectivity index (χ2n) is 7.24. The highest BCUT2D eigenvalue weighted by molar-refractivity contribution is 6.48. The molecule has 0 radical (unpaired) electrons. The van der Waals surface area contributed by atoms with Crippen LogP contribution in [-0.2, 0) is 0 Å². The minimum absolute atomic E-state index is 0.444. The smallest absolute Gasteiger partial charge is 0.101 e. The standard InChI is InChI=1S/C18H36Cl2/c1-6-7-8-9-10-11-12-17(13-15(2)3)18(19,20)14-16(4)5/h15-17H,6-14H2,1-5H3. The molecule has 0 aliphatic rings. The van der Waals surface area contributed by atoms with Crippen LogP contribution in [0.4, 0.5) is 0 Å². The summed E-state index contributed by atoms with van der Waals surface area (Å²) >= 11 is 13.3. The molecule has 2 heteroatoms. The lowest BCUT2D eigenvalue weighted by atomic mass is 9.85. The van der Waals surface area contributed by atoms with E-state index >= 15 is 0 Å². The first kappa shape index (κ1) is 20.6. The lowest BCUT2D eigenvalue weighted by molar-refractivity contribution is 0.309. The molecule has 0 spiro atoms. The van der Waals surface area contributed by atoms with Gasteiger partial charge in [0.15, 0.2) is 0 Å². The monoisotopic (exact) mass is 322 g/mol. The first-order chi connectivity index (χ1) is 9.29. The van der Waals surface area contributed by atoms with Crippen LogP contribution in [0.5, 0.6) is 0 Å². The Labute approximate surface area is 138 Å². The Morgan fingerprint density at radius 2 is 1.35 bits per heavy atom. The van der Waals surface area contributed by atoms with Gasteiger partial charge in [-0.1, -0.05) is 73.1 Å². The Bertz CT molecular complexity index is 221. The fourth-order valence-corrected chi connectivity index (χ4v) is 3.97. The van der Waals surface area contributed by atoms with E-state index in [9.17, 15) is 0 Å². The molecular weight excluding hydrogens is 287 g/mol. The van der Waals surface area contributed by atoms with Crippen molar-refractivity contribution in [1.82, 2.24) is 0 Å². The van der Waals surface area contributed by atoms with Crippen molar-refractivity contribution < 1.29 is 0 Å². The van der Waals surface area contributed by atoms with E-state index < -0.39 is 4.33 Å². The van der Waals surface area contributed by atoms with Gasteiger partial charge in [-0.2, -0.15) is 0 Å². The fraction of sp³-hybridized carbons (Fsp3) is 1.00. The van der Waals surface area contributed by atoms with Gasteiger partial charge >= 0.3 is 0 Å². The molecule has 0 fully saturated rings. The molecule has 0 aliphatic heterocycles. The van der Waals surface area contributed by atoms with Crippen LogP contribution in [-0.4, -0.2) is 4.33 Å². The molecule has 1 unspecified atom stereocenters. The fourth-order valence-electron chi connectivity index (χ4n) is 2.95. The second-order valence-corrected chi connectivity index (χ2v) is 8.78. The predicted octanol–water partition coefficient (Wildman–Crippen LogP) is 7.62. The highest BCUT2D eigenvalue weighted by Crippen LogP contribution is 2.42. The summed E-state index contributed by atoms with van der Waals surface area (Å²) in [6.07, 6.45) is 11.3. The van der Waals surface area contributed by atoms with Crippen molar-refractivity contribution in [1.29, 1.82) is 0 Å². The predicted molar refractivity (Wildman–Crippen MR) is 94.8 cm³/mol. The third kappa shape index (κ3) is 10.3. The lowest BCUT2D eigenvalue weighted by Gasteiger charge is -2.33. The van der Waals surface area contributed by atoms with E-state index in [0.717, 1.165) is 12.8 Å². The van der Waals surface area contributed by atoms with Crippen molar-refractivity contribution in [3.63, 3.8) is 0 Å². The van der Waals surface area contributed by atoms with Gasteiger partial charge in [0.05, 0.1) is 0 Å². The van der Waals surface area contributed by atoms with Gasteiger partial charge in [0.1, 0.15) is 4.33 Å². The first-order valence-corrected chi connectivity index (χ1v) is 9.43. The number of alkyl halides is 2. The average Bonchev–Trinajstić information content (AvgIpc) is 2.29. The Morgan fingerprint density at radius 3 is 1.85 bits per heavy atom. The zero-order valence-electron chi connectivity index (χ0n) is 14.4. The molecule has 0 aromatic carbocycles. The van der Waals surface area contributed by atoms with Gasteiger partial charge in [0, 0.05) is 0 Å². The zero-order chi connectivity index (χ0) is 15.6. The topological polar surface area (TPSA) is 0 Å². The average molecular weight is 323 g/mol. The molecule has 0 aromatic heterocycles. The number of halogens is 2. The Balaban J connectivity index is 4.20. The number of hydrogen-bond donors (Lipinski definition) is 0. The van der Waals surface area contributed by atoms with E-state index in [1.165, 1.54) is 44.9 Å². The van der Waals surface area contributed by atoms with E-state index in [4.69, 9.17) is 23.2 Å². The molecule has 0 amide bonds. The molecule has 1 atom stereocenters. The summed E-state index contributed by atoms with van der Waals surface area (Å²) in [6.45, 7) is 11.2.